The van der Waals surface area contributed by atoms with Gasteiger partial charge < -0.3 is 15.8 Å². The molecule has 0 saturated carbocycles. The molecule has 1 fully saturated rings. The van der Waals surface area contributed by atoms with Crippen LogP contribution in [-0.2, 0) is 4.74 Å². The highest BCUT2D eigenvalue weighted by Gasteiger charge is 2.26. The molecule has 1 aliphatic heterocycles. The van der Waals surface area contributed by atoms with E-state index in [2.05, 4.69) is 19.2 Å². The molecule has 1 saturated heterocycles. The highest BCUT2D eigenvalue weighted by atomic mass is 16.5. The summed E-state index contributed by atoms with van der Waals surface area (Å²) in [7, 11) is 2.03. The quantitative estimate of drug-likeness (QED) is 0.715. The second-order valence-corrected chi connectivity index (χ2v) is 5.04. The Balaban J connectivity index is 2.43. The van der Waals surface area contributed by atoms with Crippen LogP contribution < -0.4 is 11.1 Å². The molecule has 3 N–H and O–H groups in total. The number of nitrogens with two attached hydrogens (primary N) is 1. The van der Waals surface area contributed by atoms with Crippen molar-refractivity contribution in [1.82, 2.24) is 5.32 Å². The van der Waals surface area contributed by atoms with Crippen LogP contribution in [0.1, 0.15) is 33.1 Å². The predicted molar refractivity (Wildman–Crippen MR) is 59.3 cm³/mol. The lowest BCUT2D eigenvalue weighted by atomic mass is 9.84. The first-order valence-electron chi connectivity index (χ1n) is 5.57. The number of rotatable bonds is 4. The monoisotopic (exact) mass is 200 g/mol. The molecule has 0 spiro atoms. The molecule has 3 heteroatoms. The normalized spacial score (nSPS) is 22.3. The Morgan fingerprint density at radius 2 is 2.00 bits per heavy atom. The van der Waals surface area contributed by atoms with Gasteiger partial charge in [-0.1, -0.05) is 0 Å². The Morgan fingerprint density at radius 3 is 2.43 bits per heavy atom. The molecule has 84 valence electrons. The van der Waals surface area contributed by atoms with Crippen LogP contribution in [0.4, 0.5) is 0 Å². The lowest BCUT2D eigenvalue weighted by molar-refractivity contribution is 0.0511. The molecular formula is C11H24N2O. The van der Waals surface area contributed by atoms with Gasteiger partial charge in [0, 0.05) is 24.8 Å². The van der Waals surface area contributed by atoms with E-state index in [0.717, 1.165) is 25.6 Å². The van der Waals surface area contributed by atoms with Crippen molar-refractivity contribution in [3.63, 3.8) is 0 Å². The Bertz CT molecular complexity index is 159. The Morgan fingerprint density at radius 1 is 1.43 bits per heavy atom. The molecule has 0 amide bonds. The average molecular weight is 200 g/mol. The summed E-state index contributed by atoms with van der Waals surface area (Å²) >= 11 is 0. The molecule has 1 rings (SSSR count). The third-order valence-corrected chi connectivity index (χ3v) is 2.95. The van der Waals surface area contributed by atoms with Crippen molar-refractivity contribution in [2.75, 3.05) is 20.3 Å². The summed E-state index contributed by atoms with van der Waals surface area (Å²) in [5, 5.41) is 3.39. The maximum Gasteiger partial charge on any atom is 0.0469 e. The number of nitrogens with one attached hydrogen (secondary N) is 1. The molecule has 0 radical (unpaired) electrons. The van der Waals surface area contributed by atoms with Crippen molar-refractivity contribution in [2.45, 2.75) is 44.7 Å². The van der Waals surface area contributed by atoms with Crippen LogP contribution >= 0.6 is 0 Å². The first-order valence-corrected chi connectivity index (χ1v) is 5.57. The van der Waals surface area contributed by atoms with Gasteiger partial charge in [-0.3, -0.25) is 0 Å². The molecule has 0 aromatic heterocycles. The average Bonchev–Trinajstić information content (AvgIpc) is 2.14. The van der Waals surface area contributed by atoms with Crippen LogP contribution in [0.25, 0.3) is 0 Å². The summed E-state index contributed by atoms with van der Waals surface area (Å²) in [5.74, 6) is 0.733. The largest absolute Gasteiger partial charge is 0.381 e. The highest BCUT2D eigenvalue weighted by Crippen LogP contribution is 2.23. The maximum absolute atomic E-state index is 6.05. The molecular weight excluding hydrogens is 176 g/mol. The van der Waals surface area contributed by atoms with Crippen LogP contribution in [0, 0.1) is 5.92 Å². The van der Waals surface area contributed by atoms with Crippen molar-refractivity contribution in [3.8, 4) is 0 Å². The summed E-state index contributed by atoms with van der Waals surface area (Å²) < 4.78 is 5.37. The van der Waals surface area contributed by atoms with Crippen molar-refractivity contribution >= 4 is 0 Å². The second-order valence-electron chi connectivity index (χ2n) is 5.04. The van der Waals surface area contributed by atoms with Gasteiger partial charge in [0.05, 0.1) is 0 Å². The number of ether oxygens (including phenoxy) is 1. The molecule has 0 aromatic carbocycles. The molecule has 1 aliphatic rings. The summed E-state index contributed by atoms with van der Waals surface area (Å²) in [6.45, 7) is 6.01. The van der Waals surface area contributed by atoms with Gasteiger partial charge in [-0.2, -0.15) is 0 Å². The van der Waals surface area contributed by atoms with E-state index >= 15 is 0 Å². The van der Waals surface area contributed by atoms with E-state index in [1.807, 2.05) is 7.05 Å². The van der Waals surface area contributed by atoms with Crippen molar-refractivity contribution in [3.05, 3.63) is 0 Å². The van der Waals surface area contributed by atoms with E-state index in [1.54, 1.807) is 0 Å². The third kappa shape index (κ3) is 3.95. The summed E-state index contributed by atoms with van der Waals surface area (Å²) in [5.41, 5.74) is 5.97. The molecule has 1 unspecified atom stereocenters. The van der Waals surface area contributed by atoms with Crippen molar-refractivity contribution in [1.29, 1.82) is 0 Å². The molecule has 3 nitrogen and oxygen atoms in total. The van der Waals surface area contributed by atoms with E-state index in [4.69, 9.17) is 10.5 Å². The highest BCUT2D eigenvalue weighted by molar-refractivity contribution is 4.85. The van der Waals surface area contributed by atoms with Gasteiger partial charge in [0.15, 0.2) is 0 Å². The molecule has 0 aromatic rings. The SMILES string of the molecule is CNC(CC(C)(C)N)C1CCOCC1. The van der Waals surface area contributed by atoms with Gasteiger partial charge in [0.1, 0.15) is 0 Å². The minimum Gasteiger partial charge on any atom is -0.381 e. The Hall–Kier alpha value is -0.120. The van der Waals surface area contributed by atoms with Gasteiger partial charge in [-0.05, 0) is 46.1 Å². The zero-order chi connectivity index (χ0) is 10.6. The standard InChI is InChI=1S/C11H24N2O/c1-11(2,12)8-10(13-3)9-4-6-14-7-5-9/h9-10,13H,4-8,12H2,1-3H3. The van der Waals surface area contributed by atoms with Gasteiger partial charge in [-0.15, -0.1) is 0 Å². The minimum absolute atomic E-state index is 0.0774. The van der Waals surface area contributed by atoms with E-state index in [-0.39, 0.29) is 5.54 Å². The summed E-state index contributed by atoms with van der Waals surface area (Å²) in [6, 6.07) is 0.541. The van der Waals surface area contributed by atoms with Crippen LogP contribution in [0.2, 0.25) is 0 Å². The van der Waals surface area contributed by atoms with Crippen LogP contribution in [0.3, 0.4) is 0 Å². The van der Waals surface area contributed by atoms with E-state index in [9.17, 15) is 0 Å². The number of hydrogen-bond donors (Lipinski definition) is 2. The molecule has 1 heterocycles. The lowest BCUT2D eigenvalue weighted by Crippen LogP contribution is -2.45. The summed E-state index contributed by atoms with van der Waals surface area (Å²) in [4.78, 5) is 0. The number of hydrogen-bond acceptors (Lipinski definition) is 3. The topological polar surface area (TPSA) is 47.3 Å². The fourth-order valence-corrected chi connectivity index (χ4v) is 2.19. The fraction of sp³-hybridized carbons (Fsp3) is 1.00. The first-order chi connectivity index (χ1) is 6.53. The van der Waals surface area contributed by atoms with Crippen molar-refractivity contribution in [2.24, 2.45) is 11.7 Å². The third-order valence-electron chi connectivity index (χ3n) is 2.95. The van der Waals surface area contributed by atoms with E-state index in [0.29, 0.717) is 6.04 Å². The predicted octanol–water partition coefficient (Wildman–Crippen LogP) is 1.13. The van der Waals surface area contributed by atoms with Crippen LogP contribution in [-0.4, -0.2) is 31.8 Å². The zero-order valence-electron chi connectivity index (χ0n) is 9.68. The first kappa shape index (κ1) is 12.0. The lowest BCUT2D eigenvalue weighted by Gasteiger charge is -2.34. The Labute approximate surface area is 87.4 Å². The van der Waals surface area contributed by atoms with Gasteiger partial charge in [0.2, 0.25) is 0 Å². The zero-order valence-corrected chi connectivity index (χ0v) is 9.68. The molecule has 0 aliphatic carbocycles. The van der Waals surface area contributed by atoms with E-state index < -0.39 is 0 Å². The second kappa shape index (κ2) is 5.10. The van der Waals surface area contributed by atoms with Crippen molar-refractivity contribution < 1.29 is 4.74 Å². The molecule has 0 bridgehead atoms. The fourth-order valence-electron chi connectivity index (χ4n) is 2.19. The van der Waals surface area contributed by atoms with Gasteiger partial charge >= 0.3 is 0 Å². The van der Waals surface area contributed by atoms with Crippen LogP contribution in [0.15, 0.2) is 0 Å². The molecule has 14 heavy (non-hydrogen) atoms. The van der Waals surface area contributed by atoms with Crippen LogP contribution in [0.5, 0.6) is 0 Å². The van der Waals surface area contributed by atoms with E-state index in [1.165, 1.54) is 12.8 Å². The Kier molecular flexibility index (Phi) is 4.35. The molecule has 1 atom stereocenters. The maximum atomic E-state index is 6.05. The summed E-state index contributed by atoms with van der Waals surface area (Å²) in [6.07, 6.45) is 3.37. The van der Waals surface area contributed by atoms with Gasteiger partial charge in [0.25, 0.3) is 0 Å². The minimum atomic E-state index is -0.0774. The smallest absolute Gasteiger partial charge is 0.0469 e. The van der Waals surface area contributed by atoms with Gasteiger partial charge in [-0.25, -0.2) is 0 Å².